The molecule has 1 spiro atoms. The zero-order chi connectivity index (χ0) is 9.69. The van der Waals surface area contributed by atoms with Gasteiger partial charge in [0.25, 0.3) is 0 Å². The van der Waals surface area contributed by atoms with Gasteiger partial charge in [0.15, 0.2) is 5.54 Å². The minimum Gasteiger partial charge on any atom is -0.440 e. The summed E-state index contributed by atoms with van der Waals surface area (Å²) in [6.07, 6.45) is 0.0759. The summed E-state index contributed by atoms with van der Waals surface area (Å²) in [6, 6.07) is 0. The zero-order valence-corrected chi connectivity index (χ0v) is 7.64. The molecule has 0 radical (unpaired) electrons. The van der Waals surface area contributed by atoms with E-state index in [9.17, 15) is 9.59 Å². The highest BCUT2D eigenvalue weighted by Crippen LogP contribution is 2.36. The first-order valence-electron chi connectivity index (χ1n) is 4.27. The molecule has 1 atom stereocenters. The van der Waals surface area contributed by atoms with E-state index in [1.807, 2.05) is 0 Å². The SMILES string of the molecule is CC1(C)OC(=O)NC12CCNC2=O. The van der Waals surface area contributed by atoms with Crippen molar-refractivity contribution in [3.05, 3.63) is 0 Å². The van der Waals surface area contributed by atoms with Gasteiger partial charge in [0, 0.05) is 13.0 Å². The Hall–Kier alpha value is -1.26. The predicted octanol–water partition coefficient (Wildman–Crippen LogP) is -0.237. The molecule has 2 saturated heterocycles. The summed E-state index contributed by atoms with van der Waals surface area (Å²) in [6.45, 7) is 4.08. The second-order valence-corrected chi connectivity index (χ2v) is 3.94. The van der Waals surface area contributed by atoms with Crippen LogP contribution in [0.25, 0.3) is 0 Å². The van der Waals surface area contributed by atoms with E-state index in [1.54, 1.807) is 13.8 Å². The number of nitrogens with one attached hydrogen (secondary N) is 2. The summed E-state index contributed by atoms with van der Waals surface area (Å²) in [5.74, 6) is -0.150. The number of cyclic esters (lactones) is 1. The van der Waals surface area contributed by atoms with E-state index in [2.05, 4.69) is 10.6 Å². The van der Waals surface area contributed by atoms with E-state index in [-0.39, 0.29) is 5.91 Å². The Morgan fingerprint density at radius 1 is 1.38 bits per heavy atom. The summed E-state index contributed by atoms with van der Waals surface area (Å²) in [7, 11) is 0. The number of ether oxygens (including phenoxy) is 1. The largest absolute Gasteiger partial charge is 0.440 e. The maximum atomic E-state index is 11.6. The van der Waals surface area contributed by atoms with Crippen molar-refractivity contribution >= 4 is 12.0 Å². The van der Waals surface area contributed by atoms with Gasteiger partial charge in [0.05, 0.1) is 0 Å². The predicted molar refractivity (Wildman–Crippen MR) is 44.1 cm³/mol. The van der Waals surface area contributed by atoms with Crippen LogP contribution in [0, 0.1) is 0 Å². The first kappa shape index (κ1) is 8.34. The van der Waals surface area contributed by atoms with Crippen molar-refractivity contribution < 1.29 is 14.3 Å². The molecule has 2 aliphatic heterocycles. The lowest BCUT2D eigenvalue weighted by molar-refractivity contribution is -0.128. The molecule has 5 heteroatoms. The molecule has 72 valence electrons. The molecule has 13 heavy (non-hydrogen) atoms. The Bertz CT molecular complexity index is 287. The highest BCUT2D eigenvalue weighted by atomic mass is 16.6. The first-order chi connectivity index (χ1) is 5.98. The fourth-order valence-corrected chi connectivity index (χ4v) is 1.99. The molecule has 5 nitrogen and oxygen atoms in total. The summed E-state index contributed by atoms with van der Waals surface area (Å²) in [5, 5.41) is 5.29. The van der Waals surface area contributed by atoms with Crippen LogP contribution in [0.5, 0.6) is 0 Å². The third-order valence-electron chi connectivity index (χ3n) is 2.86. The van der Waals surface area contributed by atoms with Crippen molar-refractivity contribution in [1.82, 2.24) is 10.6 Å². The molecule has 1 unspecified atom stereocenters. The maximum absolute atomic E-state index is 11.6. The summed E-state index contributed by atoms with van der Waals surface area (Å²) in [4.78, 5) is 22.6. The van der Waals surface area contributed by atoms with Crippen LogP contribution in [-0.2, 0) is 9.53 Å². The van der Waals surface area contributed by atoms with Crippen LogP contribution in [0.4, 0.5) is 4.79 Å². The topological polar surface area (TPSA) is 67.4 Å². The zero-order valence-electron chi connectivity index (χ0n) is 7.64. The average Bonchev–Trinajstić information content (AvgIpc) is 2.41. The van der Waals surface area contributed by atoms with E-state index in [0.717, 1.165) is 0 Å². The molecule has 2 amide bonds. The van der Waals surface area contributed by atoms with E-state index in [0.29, 0.717) is 13.0 Å². The van der Waals surface area contributed by atoms with Gasteiger partial charge in [-0.3, -0.25) is 4.79 Å². The lowest BCUT2D eigenvalue weighted by Crippen LogP contribution is -2.58. The number of carbonyl (C=O) groups excluding carboxylic acids is 2. The van der Waals surface area contributed by atoms with Crippen LogP contribution >= 0.6 is 0 Å². The lowest BCUT2D eigenvalue weighted by Gasteiger charge is -2.31. The number of hydrogen-bond donors (Lipinski definition) is 2. The molecule has 0 aromatic rings. The third kappa shape index (κ3) is 0.868. The Morgan fingerprint density at radius 3 is 2.46 bits per heavy atom. The van der Waals surface area contributed by atoms with Gasteiger partial charge in [-0.15, -0.1) is 0 Å². The normalized spacial score (nSPS) is 35.8. The van der Waals surface area contributed by atoms with Crippen molar-refractivity contribution in [3.63, 3.8) is 0 Å². The van der Waals surface area contributed by atoms with Gasteiger partial charge < -0.3 is 15.4 Å². The van der Waals surface area contributed by atoms with Gasteiger partial charge in [-0.25, -0.2) is 4.79 Å². The molecule has 0 aromatic heterocycles. The fraction of sp³-hybridized carbons (Fsp3) is 0.750. The molecule has 2 rings (SSSR count). The van der Waals surface area contributed by atoms with E-state index in [1.165, 1.54) is 0 Å². The number of alkyl carbamates (subject to hydrolysis) is 1. The first-order valence-corrected chi connectivity index (χ1v) is 4.27. The maximum Gasteiger partial charge on any atom is 0.408 e. The number of carbonyl (C=O) groups is 2. The minimum atomic E-state index is -0.857. The smallest absolute Gasteiger partial charge is 0.408 e. The minimum absolute atomic E-state index is 0.150. The van der Waals surface area contributed by atoms with E-state index in [4.69, 9.17) is 4.74 Å². The standard InChI is InChI=1S/C8H12N2O3/c1-7(2)8(10-6(12)13-7)3-4-9-5(8)11/h3-4H2,1-2H3,(H,9,11)(H,10,12). The number of rotatable bonds is 0. The molecule has 0 bridgehead atoms. The second-order valence-electron chi connectivity index (χ2n) is 3.94. The summed E-state index contributed by atoms with van der Waals surface area (Å²) < 4.78 is 5.05. The third-order valence-corrected chi connectivity index (χ3v) is 2.86. The van der Waals surface area contributed by atoms with Gasteiger partial charge in [-0.1, -0.05) is 0 Å². The molecule has 0 aliphatic carbocycles. The van der Waals surface area contributed by atoms with E-state index >= 15 is 0 Å². The molecule has 0 aromatic carbocycles. The van der Waals surface area contributed by atoms with Gasteiger partial charge in [0.1, 0.15) is 5.60 Å². The van der Waals surface area contributed by atoms with Crippen molar-refractivity contribution in [3.8, 4) is 0 Å². The van der Waals surface area contributed by atoms with Crippen molar-refractivity contribution in [2.24, 2.45) is 0 Å². The highest BCUT2D eigenvalue weighted by Gasteiger charge is 2.61. The Labute approximate surface area is 75.8 Å². The molecule has 2 N–H and O–H groups in total. The summed E-state index contributed by atoms with van der Waals surface area (Å²) in [5.41, 5.74) is -1.62. The average molecular weight is 184 g/mol. The van der Waals surface area contributed by atoms with Gasteiger partial charge >= 0.3 is 6.09 Å². The van der Waals surface area contributed by atoms with Crippen molar-refractivity contribution in [1.29, 1.82) is 0 Å². The monoisotopic (exact) mass is 184 g/mol. The van der Waals surface area contributed by atoms with E-state index < -0.39 is 17.2 Å². The number of hydrogen-bond acceptors (Lipinski definition) is 3. The van der Waals surface area contributed by atoms with Gasteiger partial charge in [-0.05, 0) is 13.8 Å². The Kier molecular flexibility index (Phi) is 1.38. The van der Waals surface area contributed by atoms with Crippen LogP contribution in [0.3, 0.4) is 0 Å². The number of amides is 2. The quantitative estimate of drug-likeness (QED) is 0.546. The molecular weight excluding hydrogens is 172 g/mol. The van der Waals surface area contributed by atoms with Crippen LogP contribution in [0.15, 0.2) is 0 Å². The molecular formula is C8H12N2O3. The molecule has 2 heterocycles. The second kappa shape index (κ2) is 2.16. The molecule has 2 aliphatic rings. The molecule has 2 fully saturated rings. The van der Waals surface area contributed by atoms with Gasteiger partial charge in [0.2, 0.25) is 5.91 Å². The van der Waals surface area contributed by atoms with Crippen LogP contribution in [-0.4, -0.2) is 29.7 Å². The van der Waals surface area contributed by atoms with Crippen molar-refractivity contribution in [2.75, 3.05) is 6.54 Å². The fourth-order valence-electron chi connectivity index (χ4n) is 1.99. The van der Waals surface area contributed by atoms with Crippen LogP contribution in [0.1, 0.15) is 20.3 Å². The Morgan fingerprint density at radius 2 is 2.08 bits per heavy atom. The highest BCUT2D eigenvalue weighted by molar-refractivity contribution is 5.95. The Balaban J connectivity index is 2.41. The van der Waals surface area contributed by atoms with Crippen LogP contribution in [0.2, 0.25) is 0 Å². The van der Waals surface area contributed by atoms with Crippen LogP contribution < -0.4 is 10.6 Å². The summed E-state index contributed by atoms with van der Waals surface area (Å²) >= 11 is 0. The van der Waals surface area contributed by atoms with Gasteiger partial charge in [-0.2, -0.15) is 0 Å². The van der Waals surface area contributed by atoms with Crippen molar-refractivity contribution in [2.45, 2.75) is 31.4 Å². The lowest BCUT2D eigenvalue weighted by atomic mass is 9.82. The molecule has 0 saturated carbocycles.